The zero-order chi connectivity index (χ0) is 21.5. The monoisotopic (exact) mass is 402 g/mol. The molecule has 154 valence electrons. The number of hydrogen-bond donors (Lipinski definition) is 4. The summed E-state index contributed by atoms with van der Waals surface area (Å²) in [5.74, 6) is 0.553. The van der Waals surface area contributed by atoms with E-state index in [1.807, 2.05) is 54.6 Å². The van der Waals surface area contributed by atoms with Gasteiger partial charge in [0.25, 0.3) is 5.91 Å². The lowest BCUT2D eigenvalue weighted by atomic mass is 9.99. The van der Waals surface area contributed by atoms with Crippen LogP contribution in [0.25, 0.3) is 11.1 Å². The fourth-order valence-electron chi connectivity index (χ4n) is 3.31. The molecule has 6 N–H and O–H groups in total. The summed E-state index contributed by atoms with van der Waals surface area (Å²) in [5.41, 5.74) is 16.1. The normalized spacial score (nSPS) is 11.5. The summed E-state index contributed by atoms with van der Waals surface area (Å²) < 4.78 is 5.30. The Labute approximate surface area is 176 Å². The second kappa shape index (κ2) is 9.71. The molecule has 1 unspecified atom stereocenters. The largest absolute Gasteiger partial charge is 0.497 e. The first-order chi connectivity index (χ1) is 14.5. The topological polar surface area (TPSA) is 114 Å². The van der Waals surface area contributed by atoms with Gasteiger partial charge in [0.1, 0.15) is 5.75 Å². The Morgan fingerprint density at radius 3 is 2.60 bits per heavy atom. The third kappa shape index (κ3) is 4.85. The maximum atomic E-state index is 13.0. The Morgan fingerprint density at radius 2 is 1.87 bits per heavy atom. The molecule has 6 nitrogen and oxygen atoms in total. The maximum Gasteiger partial charge on any atom is 0.251 e. The summed E-state index contributed by atoms with van der Waals surface area (Å²) in [4.78, 5) is 13.0. The predicted octanol–water partition coefficient (Wildman–Crippen LogP) is 3.76. The summed E-state index contributed by atoms with van der Waals surface area (Å²) in [6, 6.07) is 20.3. The van der Waals surface area contributed by atoms with Gasteiger partial charge in [0.05, 0.1) is 13.2 Å². The SMILES string of the molecule is COc1cccc(C(CCN)NC(=O)c2cccc(-c3ccc(N)c(C=N)c3)c2)c1. The van der Waals surface area contributed by atoms with Crippen LogP contribution in [0.5, 0.6) is 5.75 Å². The molecule has 0 radical (unpaired) electrons. The zero-order valence-electron chi connectivity index (χ0n) is 16.9. The molecule has 0 spiro atoms. The standard InChI is InChI=1S/C24H26N4O2/c1-30-21-7-3-5-18(14-21)23(10-11-25)28-24(29)19-6-2-4-16(12-19)17-8-9-22(27)20(13-17)15-26/h2-9,12-15,23,26H,10-11,25,27H2,1H3,(H,28,29). The Kier molecular flexibility index (Phi) is 6.83. The number of nitrogen functional groups attached to an aromatic ring is 1. The van der Waals surface area contributed by atoms with Gasteiger partial charge in [-0.25, -0.2) is 0 Å². The minimum atomic E-state index is -0.220. The number of rotatable bonds is 8. The van der Waals surface area contributed by atoms with Gasteiger partial charge < -0.3 is 26.9 Å². The van der Waals surface area contributed by atoms with Crippen LogP contribution in [0.3, 0.4) is 0 Å². The summed E-state index contributed by atoms with van der Waals surface area (Å²) >= 11 is 0. The van der Waals surface area contributed by atoms with Gasteiger partial charge in [-0.15, -0.1) is 0 Å². The molecule has 3 aromatic carbocycles. The predicted molar refractivity (Wildman–Crippen MR) is 121 cm³/mol. The minimum Gasteiger partial charge on any atom is -0.497 e. The summed E-state index contributed by atoms with van der Waals surface area (Å²) in [5, 5.41) is 10.6. The van der Waals surface area contributed by atoms with Crippen molar-refractivity contribution in [1.29, 1.82) is 5.41 Å². The molecule has 3 aromatic rings. The van der Waals surface area contributed by atoms with Gasteiger partial charge >= 0.3 is 0 Å². The summed E-state index contributed by atoms with van der Waals surface area (Å²) in [6.07, 6.45) is 1.83. The quantitative estimate of drug-likeness (QED) is 0.339. The average Bonchev–Trinajstić information content (AvgIpc) is 2.79. The molecule has 1 amide bonds. The van der Waals surface area contributed by atoms with Gasteiger partial charge in [-0.1, -0.05) is 30.3 Å². The first kappa shape index (κ1) is 21.1. The number of carbonyl (C=O) groups is 1. The van der Waals surface area contributed by atoms with Gasteiger partial charge in [0.15, 0.2) is 0 Å². The number of amides is 1. The molecule has 0 aromatic heterocycles. The van der Waals surface area contributed by atoms with E-state index in [0.717, 1.165) is 22.4 Å². The molecule has 0 saturated heterocycles. The van der Waals surface area contributed by atoms with Crippen LogP contribution >= 0.6 is 0 Å². The lowest BCUT2D eigenvalue weighted by molar-refractivity contribution is 0.0935. The highest BCUT2D eigenvalue weighted by molar-refractivity contribution is 5.96. The van der Waals surface area contributed by atoms with Crippen molar-refractivity contribution in [3.05, 3.63) is 83.4 Å². The molecular weight excluding hydrogens is 376 g/mol. The second-order valence-corrected chi connectivity index (χ2v) is 6.95. The van der Waals surface area contributed by atoms with Crippen molar-refractivity contribution >= 4 is 17.8 Å². The van der Waals surface area contributed by atoms with E-state index in [1.54, 1.807) is 19.2 Å². The van der Waals surface area contributed by atoms with Gasteiger partial charge in [-0.05, 0) is 66.1 Å². The van der Waals surface area contributed by atoms with Crippen LogP contribution in [0, 0.1) is 5.41 Å². The summed E-state index contributed by atoms with van der Waals surface area (Å²) in [6.45, 7) is 0.444. The molecule has 6 heteroatoms. The van der Waals surface area contributed by atoms with Crippen molar-refractivity contribution in [2.45, 2.75) is 12.5 Å². The van der Waals surface area contributed by atoms with Gasteiger partial charge in [-0.2, -0.15) is 0 Å². The molecule has 0 aliphatic heterocycles. The Bertz CT molecular complexity index is 1050. The van der Waals surface area contributed by atoms with Crippen LogP contribution in [-0.4, -0.2) is 25.8 Å². The van der Waals surface area contributed by atoms with Gasteiger partial charge in [0, 0.05) is 23.0 Å². The number of anilines is 1. The van der Waals surface area contributed by atoms with E-state index >= 15 is 0 Å². The number of benzene rings is 3. The van der Waals surface area contributed by atoms with Crippen molar-refractivity contribution in [3.63, 3.8) is 0 Å². The molecule has 0 fully saturated rings. The highest BCUT2D eigenvalue weighted by Gasteiger charge is 2.16. The highest BCUT2D eigenvalue weighted by atomic mass is 16.5. The van der Waals surface area contributed by atoms with E-state index in [-0.39, 0.29) is 11.9 Å². The van der Waals surface area contributed by atoms with Crippen LogP contribution in [0.15, 0.2) is 66.7 Å². The van der Waals surface area contributed by atoms with Gasteiger partial charge in [0.2, 0.25) is 0 Å². The third-order valence-corrected chi connectivity index (χ3v) is 4.96. The van der Waals surface area contributed by atoms with Crippen molar-refractivity contribution in [2.24, 2.45) is 5.73 Å². The molecule has 0 heterocycles. The molecule has 0 saturated carbocycles. The van der Waals surface area contributed by atoms with Crippen LogP contribution in [0.2, 0.25) is 0 Å². The fraction of sp³-hybridized carbons (Fsp3) is 0.167. The Hall–Kier alpha value is -3.64. The lowest BCUT2D eigenvalue weighted by Gasteiger charge is -2.19. The molecule has 1 atom stereocenters. The van der Waals surface area contributed by atoms with Crippen molar-refractivity contribution in [2.75, 3.05) is 19.4 Å². The number of ether oxygens (including phenoxy) is 1. The molecule has 30 heavy (non-hydrogen) atoms. The van der Waals surface area contributed by atoms with Crippen LogP contribution < -0.4 is 21.5 Å². The minimum absolute atomic E-state index is 0.180. The van der Waals surface area contributed by atoms with E-state index in [0.29, 0.717) is 29.8 Å². The highest BCUT2D eigenvalue weighted by Crippen LogP contribution is 2.25. The second-order valence-electron chi connectivity index (χ2n) is 6.95. The average molecular weight is 402 g/mol. The first-order valence-electron chi connectivity index (χ1n) is 9.71. The fourth-order valence-corrected chi connectivity index (χ4v) is 3.31. The third-order valence-electron chi connectivity index (χ3n) is 4.96. The van der Waals surface area contributed by atoms with Crippen LogP contribution in [0.1, 0.15) is 33.9 Å². The van der Waals surface area contributed by atoms with E-state index in [1.165, 1.54) is 6.21 Å². The molecular formula is C24H26N4O2. The number of carbonyl (C=O) groups excluding carboxylic acids is 1. The number of nitrogens with two attached hydrogens (primary N) is 2. The van der Waals surface area contributed by atoms with Crippen molar-refractivity contribution in [3.8, 4) is 16.9 Å². The first-order valence-corrected chi connectivity index (χ1v) is 9.71. The number of hydrogen-bond acceptors (Lipinski definition) is 5. The zero-order valence-corrected chi connectivity index (χ0v) is 16.9. The molecule has 0 aliphatic rings. The van der Waals surface area contributed by atoms with Crippen LogP contribution in [-0.2, 0) is 0 Å². The molecule has 0 aliphatic carbocycles. The lowest BCUT2D eigenvalue weighted by Crippen LogP contribution is -2.30. The van der Waals surface area contributed by atoms with Crippen molar-refractivity contribution < 1.29 is 9.53 Å². The Balaban J connectivity index is 1.85. The van der Waals surface area contributed by atoms with Crippen molar-refractivity contribution in [1.82, 2.24) is 5.32 Å². The number of nitrogens with one attached hydrogen (secondary N) is 2. The molecule has 3 rings (SSSR count). The maximum absolute atomic E-state index is 13.0. The van der Waals surface area contributed by atoms with E-state index in [2.05, 4.69) is 5.32 Å². The van der Waals surface area contributed by atoms with E-state index < -0.39 is 0 Å². The Morgan fingerprint density at radius 1 is 1.10 bits per heavy atom. The van der Waals surface area contributed by atoms with Crippen LogP contribution in [0.4, 0.5) is 5.69 Å². The summed E-state index contributed by atoms with van der Waals surface area (Å²) in [7, 11) is 1.61. The smallest absolute Gasteiger partial charge is 0.251 e. The van der Waals surface area contributed by atoms with E-state index in [9.17, 15) is 4.79 Å². The van der Waals surface area contributed by atoms with E-state index in [4.69, 9.17) is 21.6 Å². The molecule has 0 bridgehead atoms. The number of methoxy groups -OCH3 is 1. The van der Waals surface area contributed by atoms with Gasteiger partial charge in [-0.3, -0.25) is 4.79 Å².